The quantitative estimate of drug-likeness (QED) is 0.843. The summed E-state index contributed by atoms with van der Waals surface area (Å²) in [5.41, 5.74) is 6.47. The van der Waals surface area contributed by atoms with Crippen molar-refractivity contribution in [3.8, 4) is 0 Å². The number of nitrogens with two attached hydrogens (primary N) is 1. The van der Waals surface area contributed by atoms with Gasteiger partial charge in [-0.1, -0.05) is 36.5 Å². The van der Waals surface area contributed by atoms with Crippen molar-refractivity contribution in [2.75, 3.05) is 19.8 Å². The van der Waals surface area contributed by atoms with Crippen LogP contribution in [0.3, 0.4) is 0 Å². The van der Waals surface area contributed by atoms with E-state index in [9.17, 15) is 8.42 Å². The fourth-order valence-electron chi connectivity index (χ4n) is 2.41. The molecule has 1 saturated heterocycles. The summed E-state index contributed by atoms with van der Waals surface area (Å²) < 4.78 is 32.1. The van der Waals surface area contributed by atoms with Crippen LogP contribution in [0.4, 0.5) is 0 Å². The smallest absolute Gasteiger partial charge is 0.218 e. The van der Waals surface area contributed by atoms with Crippen molar-refractivity contribution < 1.29 is 13.2 Å². The molecule has 0 aromatic heterocycles. The van der Waals surface area contributed by atoms with Crippen molar-refractivity contribution in [2.45, 2.75) is 25.1 Å². The minimum Gasteiger partial charge on any atom is -0.389 e. The molecule has 2 N–H and O–H groups in total. The van der Waals surface area contributed by atoms with Gasteiger partial charge in [-0.2, -0.15) is 4.31 Å². The average Bonchev–Trinajstić information content (AvgIpc) is 2.37. The third kappa shape index (κ3) is 3.79. The van der Waals surface area contributed by atoms with E-state index in [4.69, 9.17) is 22.7 Å². The molecule has 0 saturated carbocycles. The van der Waals surface area contributed by atoms with Crippen LogP contribution < -0.4 is 5.73 Å². The summed E-state index contributed by atoms with van der Waals surface area (Å²) in [5.74, 6) is -0.0337. The largest absolute Gasteiger partial charge is 0.389 e. The van der Waals surface area contributed by atoms with Gasteiger partial charge in [0.25, 0.3) is 0 Å². The Bertz CT molecular complexity index is 624. The van der Waals surface area contributed by atoms with Crippen LogP contribution in [0.25, 0.3) is 0 Å². The first kappa shape index (κ1) is 16.4. The van der Waals surface area contributed by atoms with E-state index in [0.717, 1.165) is 11.1 Å². The summed E-state index contributed by atoms with van der Waals surface area (Å²) >= 11 is 4.88. The number of thiocarbonyl (C=S) groups is 1. The average molecular weight is 328 g/mol. The lowest BCUT2D eigenvalue weighted by Crippen LogP contribution is -2.55. The van der Waals surface area contributed by atoms with Crippen LogP contribution in [-0.4, -0.2) is 43.0 Å². The molecule has 1 aromatic carbocycles. The van der Waals surface area contributed by atoms with Crippen molar-refractivity contribution in [1.82, 2.24) is 4.31 Å². The summed E-state index contributed by atoms with van der Waals surface area (Å²) in [6, 6.07) is 6.99. The number of rotatable bonds is 4. The molecule has 1 aliphatic rings. The van der Waals surface area contributed by atoms with Crippen LogP contribution >= 0.6 is 12.2 Å². The van der Waals surface area contributed by atoms with E-state index in [2.05, 4.69) is 0 Å². The van der Waals surface area contributed by atoms with Crippen LogP contribution in [0.2, 0.25) is 0 Å². The molecule has 0 spiro atoms. The number of benzene rings is 1. The van der Waals surface area contributed by atoms with Gasteiger partial charge in [0, 0.05) is 12.1 Å². The van der Waals surface area contributed by atoms with Crippen molar-refractivity contribution in [3.63, 3.8) is 0 Å². The molecular formula is C14H20N2O3S2. The number of morpholine rings is 1. The minimum absolute atomic E-state index is 0.0337. The Hall–Kier alpha value is -1.02. The van der Waals surface area contributed by atoms with Crippen molar-refractivity contribution >= 4 is 27.2 Å². The Morgan fingerprint density at radius 1 is 1.38 bits per heavy atom. The monoisotopic (exact) mass is 328 g/mol. The number of hydrogen-bond donors (Lipinski definition) is 1. The number of nitrogens with zero attached hydrogens (tertiary/aromatic N) is 1. The molecule has 1 fully saturated rings. The highest BCUT2D eigenvalue weighted by atomic mass is 32.2. The molecule has 0 radical (unpaired) electrons. The lowest BCUT2D eigenvalue weighted by Gasteiger charge is -2.40. The predicted molar refractivity (Wildman–Crippen MR) is 86.6 cm³/mol. The van der Waals surface area contributed by atoms with E-state index in [1.165, 1.54) is 4.31 Å². The van der Waals surface area contributed by atoms with Crippen LogP contribution in [0.5, 0.6) is 0 Å². The summed E-state index contributed by atoms with van der Waals surface area (Å²) in [4.78, 5) is 0.304. The van der Waals surface area contributed by atoms with E-state index in [0.29, 0.717) is 24.7 Å². The van der Waals surface area contributed by atoms with Gasteiger partial charge in [0.2, 0.25) is 10.0 Å². The molecule has 1 aromatic rings. The fraction of sp³-hybridized carbons (Fsp3) is 0.500. The van der Waals surface area contributed by atoms with Gasteiger partial charge in [0.05, 0.1) is 24.5 Å². The first-order valence-electron chi connectivity index (χ1n) is 6.69. The molecule has 0 amide bonds. The maximum Gasteiger partial charge on any atom is 0.218 e. The molecule has 1 aliphatic heterocycles. The van der Waals surface area contributed by atoms with Crippen molar-refractivity contribution in [1.29, 1.82) is 0 Å². The standard InChI is InChI=1S/C14H20N2O3S2/c1-14(2)10-19-8-7-16(14)21(17,18)9-11-3-5-12(6-4-11)13(15)20/h3-6H,7-10H2,1-2H3,(H2,15,20). The second-order valence-corrected chi connectivity index (χ2v) is 8.09. The normalized spacial score (nSPS) is 19.3. The number of ether oxygens (including phenoxy) is 1. The van der Waals surface area contributed by atoms with Gasteiger partial charge in [-0.3, -0.25) is 0 Å². The lowest BCUT2D eigenvalue weighted by molar-refractivity contribution is -0.00777. The van der Waals surface area contributed by atoms with E-state index in [-0.39, 0.29) is 5.75 Å². The highest BCUT2D eigenvalue weighted by Crippen LogP contribution is 2.25. The van der Waals surface area contributed by atoms with Crippen LogP contribution in [0, 0.1) is 0 Å². The summed E-state index contributed by atoms with van der Waals surface area (Å²) in [6.07, 6.45) is 0. The van der Waals surface area contributed by atoms with Gasteiger partial charge in [-0.05, 0) is 19.4 Å². The van der Waals surface area contributed by atoms with Gasteiger partial charge in [0.1, 0.15) is 4.99 Å². The van der Waals surface area contributed by atoms with Crippen LogP contribution in [0.1, 0.15) is 25.0 Å². The second-order valence-electron chi connectivity index (χ2n) is 5.75. The Morgan fingerprint density at radius 2 is 2.00 bits per heavy atom. The van der Waals surface area contributed by atoms with Crippen molar-refractivity contribution in [2.24, 2.45) is 5.73 Å². The maximum atomic E-state index is 12.6. The molecule has 21 heavy (non-hydrogen) atoms. The lowest BCUT2D eigenvalue weighted by atomic mass is 10.1. The number of hydrogen-bond acceptors (Lipinski definition) is 4. The van der Waals surface area contributed by atoms with Gasteiger partial charge in [-0.25, -0.2) is 8.42 Å². The van der Waals surface area contributed by atoms with E-state index in [1.807, 2.05) is 13.8 Å². The Morgan fingerprint density at radius 3 is 2.52 bits per heavy atom. The highest BCUT2D eigenvalue weighted by molar-refractivity contribution is 7.88. The third-order valence-electron chi connectivity index (χ3n) is 3.49. The van der Waals surface area contributed by atoms with E-state index < -0.39 is 15.6 Å². The first-order valence-corrected chi connectivity index (χ1v) is 8.71. The third-order valence-corrected chi connectivity index (χ3v) is 5.77. The van der Waals surface area contributed by atoms with Crippen LogP contribution in [-0.2, 0) is 20.5 Å². The zero-order valence-electron chi connectivity index (χ0n) is 12.2. The second kappa shape index (κ2) is 6.00. The van der Waals surface area contributed by atoms with Gasteiger partial charge in [0.15, 0.2) is 0 Å². The first-order chi connectivity index (χ1) is 9.72. The van der Waals surface area contributed by atoms with Gasteiger partial charge >= 0.3 is 0 Å². The zero-order chi connectivity index (χ0) is 15.7. The molecule has 0 unspecified atom stereocenters. The molecular weight excluding hydrogens is 308 g/mol. The Kier molecular flexibility index (Phi) is 4.67. The van der Waals surface area contributed by atoms with Gasteiger partial charge in [-0.15, -0.1) is 0 Å². The SMILES string of the molecule is CC1(C)COCCN1S(=O)(=O)Cc1ccc(C(N)=S)cc1. The Labute approximate surface area is 131 Å². The van der Waals surface area contributed by atoms with Crippen LogP contribution in [0.15, 0.2) is 24.3 Å². The molecule has 2 rings (SSSR count). The predicted octanol–water partition coefficient (Wildman–Crippen LogP) is 1.26. The van der Waals surface area contributed by atoms with E-state index in [1.54, 1.807) is 24.3 Å². The molecule has 116 valence electrons. The molecule has 0 atom stereocenters. The maximum absolute atomic E-state index is 12.6. The fourth-order valence-corrected chi connectivity index (χ4v) is 4.48. The highest BCUT2D eigenvalue weighted by Gasteiger charge is 2.38. The number of sulfonamides is 1. The molecule has 1 heterocycles. The minimum atomic E-state index is -3.39. The Balaban J connectivity index is 2.18. The van der Waals surface area contributed by atoms with Crippen molar-refractivity contribution in [3.05, 3.63) is 35.4 Å². The zero-order valence-corrected chi connectivity index (χ0v) is 13.8. The molecule has 0 aliphatic carbocycles. The van der Waals surface area contributed by atoms with E-state index >= 15 is 0 Å². The summed E-state index contributed by atoms with van der Waals surface area (Å²) in [5, 5.41) is 0. The summed E-state index contributed by atoms with van der Waals surface area (Å²) in [6.45, 7) is 4.98. The summed E-state index contributed by atoms with van der Waals surface area (Å²) in [7, 11) is -3.39. The topological polar surface area (TPSA) is 72.6 Å². The van der Waals surface area contributed by atoms with Gasteiger partial charge < -0.3 is 10.5 Å². The molecule has 0 bridgehead atoms. The molecule has 7 heteroatoms. The molecule has 5 nitrogen and oxygen atoms in total.